The Balaban J connectivity index is 1.50. The normalized spacial score (nSPS) is 11.8. The molecule has 186 valence electrons. The van der Waals surface area contributed by atoms with E-state index in [4.69, 9.17) is 9.72 Å². The van der Waals surface area contributed by atoms with Crippen LogP contribution in [0.5, 0.6) is 0 Å². The standard InChI is InChI=1S/C32H36N2O2/c1-2-36-30(35)22-14-4-9-17-26(23-25-15-7-3-8-16-25)24-29-33-31(27-18-10-5-11-19-27)32(34-29)28-20-12-6-13-21-28/h3,5-8,10-13,15-16,18-21,26H,2,4,9,14,17,22-24H2,1H3,(H,33,34). The molecule has 4 rings (SSSR count). The van der Waals surface area contributed by atoms with E-state index in [0.717, 1.165) is 66.9 Å². The van der Waals surface area contributed by atoms with Crippen LogP contribution in [0.4, 0.5) is 0 Å². The van der Waals surface area contributed by atoms with E-state index < -0.39 is 0 Å². The Morgan fingerprint density at radius 1 is 0.806 bits per heavy atom. The van der Waals surface area contributed by atoms with E-state index in [9.17, 15) is 4.79 Å². The third-order valence-electron chi connectivity index (χ3n) is 6.51. The van der Waals surface area contributed by atoms with Crippen molar-refractivity contribution in [3.63, 3.8) is 0 Å². The SMILES string of the molecule is CCOC(=O)CCCCCC(Cc1ccccc1)Cc1nc(-c2ccccc2)c(-c2ccccc2)[nH]1. The summed E-state index contributed by atoms with van der Waals surface area (Å²) in [6.07, 6.45) is 6.52. The zero-order chi connectivity index (χ0) is 25.0. The first kappa shape index (κ1) is 25.4. The molecule has 1 unspecified atom stereocenters. The molecule has 0 amide bonds. The number of aromatic amines is 1. The first-order chi connectivity index (χ1) is 17.7. The van der Waals surface area contributed by atoms with Gasteiger partial charge >= 0.3 is 5.97 Å². The van der Waals surface area contributed by atoms with Crippen LogP contribution in [-0.4, -0.2) is 22.5 Å². The summed E-state index contributed by atoms with van der Waals surface area (Å²) in [5, 5.41) is 0. The summed E-state index contributed by atoms with van der Waals surface area (Å²) >= 11 is 0. The van der Waals surface area contributed by atoms with E-state index in [-0.39, 0.29) is 5.97 Å². The highest BCUT2D eigenvalue weighted by Crippen LogP contribution is 2.31. The highest BCUT2D eigenvalue weighted by atomic mass is 16.5. The molecule has 4 heteroatoms. The largest absolute Gasteiger partial charge is 0.466 e. The van der Waals surface area contributed by atoms with Crippen molar-refractivity contribution in [3.05, 3.63) is 102 Å². The van der Waals surface area contributed by atoms with Crippen LogP contribution in [0.15, 0.2) is 91.0 Å². The van der Waals surface area contributed by atoms with Crippen LogP contribution in [0.1, 0.15) is 50.4 Å². The Morgan fingerprint density at radius 3 is 2.11 bits per heavy atom. The van der Waals surface area contributed by atoms with Gasteiger partial charge in [0, 0.05) is 24.0 Å². The van der Waals surface area contributed by atoms with Crippen LogP contribution in [0.2, 0.25) is 0 Å². The second-order valence-electron chi connectivity index (χ2n) is 9.30. The number of nitrogens with zero attached hydrogens (tertiary/aromatic N) is 1. The number of carbonyl (C=O) groups is 1. The van der Waals surface area contributed by atoms with E-state index in [0.29, 0.717) is 18.9 Å². The molecule has 0 radical (unpaired) electrons. The van der Waals surface area contributed by atoms with Crippen LogP contribution in [-0.2, 0) is 22.4 Å². The van der Waals surface area contributed by atoms with Gasteiger partial charge in [-0.25, -0.2) is 4.98 Å². The number of hydrogen-bond donors (Lipinski definition) is 1. The van der Waals surface area contributed by atoms with E-state index in [1.807, 2.05) is 19.1 Å². The van der Waals surface area contributed by atoms with Gasteiger partial charge in [0.2, 0.25) is 0 Å². The highest BCUT2D eigenvalue weighted by Gasteiger charge is 2.18. The molecule has 0 aliphatic rings. The fourth-order valence-corrected chi connectivity index (χ4v) is 4.75. The van der Waals surface area contributed by atoms with Gasteiger partial charge in [-0.1, -0.05) is 104 Å². The summed E-state index contributed by atoms with van der Waals surface area (Å²) in [4.78, 5) is 20.4. The number of benzene rings is 3. The van der Waals surface area contributed by atoms with Crippen molar-refractivity contribution in [2.75, 3.05) is 6.61 Å². The number of ether oxygens (including phenoxy) is 1. The Labute approximate surface area is 214 Å². The van der Waals surface area contributed by atoms with Crippen molar-refractivity contribution in [1.82, 2.24) is 9.97 Å². The number of esters is 1. The summed E-state index contributed by atoms with van der Waals surface area (Å²) in [7, 11) is 0. The third-order valence-corrected chi connectivity index (χ3v) is 6.51. The summed E-state index contributed by atoms with van der Waals surface area (Å²) < 4.78 is 5.06. The van der Waals surface area contributed by atoms with E-state index in [2.05, 4.69) is 83.8 Å². The predicted octanol–water partition coefficient (Wildman–Crippen LogP) is 7.66. The number of aromatic nitrogens is 2. The maximum atomic E-state index is 11.7. The molecular formula is C32H36N2O2. The second kappa shape index (κ2) is 13.4. The summed E-state index contributed by atoms with van der Waals surface area (Å²) in [6, 6.07) is 31.6. The molecule has 0 saturated carbocycles. The lowest BCUT2D eigenvalue weighted by Crippen LogP contribution is -2.10. The molecule has 1 N–H and O–H groups in total. The van der Waals surface area contributed by atoms with Crippen molar-refractivity contribution < 1.29 is 9.53 Å². The predicted molar refractivity (Wildman–Crippen MR) is 147 cm³/mol. The fraction of sp³-hybridized carbons (Fsp3) is 0.312. The number of unbranched alkanes of at least 4 members (excludes halogenated alkanes) is 2. The molecule has 0 aliphatic carbocycles. The number of imidazole rings is 1. The Hall–Kier alpha value is -3.66. The van der Waals surface area contributed by atoms with Gasteiger partial charge in [-0.05, 0) is 37.7 Å². The maximum Gasteiger partial charge on any atom is 0.305 e. The van der Waals surface area contributed by atoms with Crippen LogP contribution in [0.25, 0.3) is 22.5 Å². The van der Waals surface area contributed by atoms with Gasteiger partial charge in [0.1, 0.15) is 5.82 Å². The van der Waals surface area contributed by atoms with Crippen molar-refractivity contribution in [3.8, 4) is 22.5 Å². The third kappa shape index (κ3) is 7.42. The lowest BCUT2D eigenvalue weighted by Gasteiger charge is -2.16. The Kier molecular flexibility index (Phi) is 9.49. The number of carbonyl (C=O) groups excluding carboxylic acids is 1. The van der Waals surface area contributed by atoms with E-state index in [1.54, 1.807) is 0 Å². The van der Waals surface area contributed by atoms with Gasteiger partial charge in [0.05, 0.1) is 18.0 Å². The van der Waals surface area contributed by atoms with Gasteiger partial charge in [-0.3, -0.25) is 4.79 Å². The topological polar surface area (TPSA) is 55.0 Å². The lowest BCUT2D eigenvalue weighted by molar-refractivity contribution is -0.143. The summed E-state index contributed by atoms with van der Waals surface area (Å²) in [5.74, 6) is 1.41. The first-order valence-corrected chi connectivity index (χ1v) is 13.1. The zero-order valence-corrected chi connectivity index (χ0v) is 21.2. The smallest absolute Gasteiger partial charge is 0.305 e. The lowest BCUT2D eigenvalue weighted by atomic mass is 9.90. The number of hydrogen-bond acceptors (Lipinski definition) is 3. The van der Waals surface area contributed by atoms with Crippen LogP contribution >= 0.6 is 0 Å². The molecule has 1 heterocycles. The number of H-pyrrole nitrogens is 1. The molecule has 3 aromatic carbocycles. The average molecular weight is 481 g/mol. The van der Waals surface area contributed by atoms with E-state index in [1.165, 1.54) is 5.56 Å². The maximum absolute atomic E-state index is 11.7. The van der Waals surface area contributed by atoms with Crippen molar-refractivity contribution in [2.45, 2.75) is 51.9 Å². The molecule has 4 aromatic rings. The number of nitrogens with one attached hydrogen (secondary N) is 1. The van der Waals surface area contributed by atoms with Gasteiger partial charge < -0.3 is 9.72 Å². The van der Waals surface area contributed by atoms with Crippen molar-refractivity contribution >= 4 is 5.97 Å². The fourth-order valence-electron chi connectivity index (χ4n) is 4.75. The van der Waals surface area contributed by atoms with Crippen LogP contribution in [0.3, 0.4) is 0 Å². The molecule has 0 aliphatic heterocycles. The average Bonchev–Trinajstić information content (AvgIpc) is 3.34. The minimum absolute atomic E-state index is 0.0872. The minimum atomic E-state index is -0.0872. The minimum Gasteiger partial charge on any atom is -0.466 e. The van der Waals surface area contributed by atoms with Crippen molar-refractivity contribution in [2.24, 2.45) is 5.92 Å². The van der Waals surface area contributed by atoms with Crippen molar-refractivity contribution in [1.29, 1.82) is 0 Å². The molecular weight excluding hydrogens is 444 g/mol. The molecule has 1 atom stereocenters. The molecule has 0 fully saturated rings. The van der Waals surface area contributed by atoms with Gasteiger partial charge in [0.25, 0.3) is 0 Å². The Morgan fingerprint density at radius 2 is 1.44 bits per heavy atom. The monoisotopic (exact) mass is 480 g/mol. The Bertz CT molecular complexity index is 1130. The molecule has 0 spiro atoms. The zero-order valence-electron chi connectivity index (χ0n) is 21.2. The van der Waals surface area contributed by atoms with Gasteiger partial charge in [-0.2, -0.15) is 0 Å². The summed E-state index contributed by atoms with van der Waals surface area (Å²) in [6.45, 7) is 2.31. The first-order valence-electron chi connectivity index (χ1n) is 13.1. The second-order valence-corrected chi connectivity index (χ2v) is 9.30. The van der Waals surface area contributed by atoms with Crippen LogP contribution < -0.4 is 0 Å². The van der Waals surface area contributed by atoms with Gasteiger partial charge in [-0.15, -0.1) is 0 Å². The van der Waals surface area contributed by atoms with Gasteiger partial charge in [0.15, 0.2) is 0 Å². The van der Waals surface area contributed by atoms with Crippen LogP contribution in [0, 0.1) is 5.92 Å². The van der Waals surface area contributed by atoms with E-state index >= 15 is 0 Å². The molecule has 1 aromatic heterocycles. The summed E-state index contributed by atoms with van der Waals surface area (Å²) in [5.41, 5.74) is 5.70. The quantitative estimate of drug-likeness (QED) is 0.158. The highest BCUT2D eigenvalue weighted by molar-refractivity contribution is 5.78. The molecule has 0 saturated heterocycles. The number of rotatable bonds is 13. The molecule has 36 heavy (non-hydrogen) atoms. The molecule has 4 nitrogen and oxygen atoms in total. The molecule has 0 bridgehead atoms.